The number of nitrogens with zero attached hydrogens (tertiary/aromatic N) is 2. The maximum Gasteiger partial charge on any atom is 0.338 e. The van der Waals surface area contributed by atoms with E-state index in [1.54, 1.807) is 10.1 Å². The molecule has 0 aliphatic carbocycles. The first kappa shape index (κ1) is 15.0. The van der Waals surface area contributed by atoms with Crippen molar-refractivity contribution in [1.82, 2.24) is 15.1 Å². The Bertz CT molecular complexity index is 662. The van der Waals surface area contributed by atoms with E-state index in [0.29, 0.717) is 11.5 Å². The standard InChI is InChI=1S/C13H16N4O3S/c1-3-10-8(7-17(2)16-10)6-14-13(20)15-11-9(12(18)19)4-5-21-11/h4-5,7H,3,6H2,1-2H3,(H,18,19)(H2,14,15,20). The molecule has 21 heavy (non-hydrogen) atoms. The highest BCUT2D eigenvalue weighted by Crippen LogP contribution is 2.22. The van der Waals surface area contributed by atoms with E-state index in [0.717, 1.165) is 17.7 Å². The molecule has 0 saturated heterocycles. The fourth-order valence-electron chi connectivity index (χ4n) is 1.93. The molecule has 8 heteroatoms. The van der Waals surface area contributed by atoms with E-state index in [9.17, 15) is 9.59 Å². The SMILES string of the molecule is CCc1nn(C)cc1CNC(=O)Nc1sccc1C(=O)O. The van der Waals surface area contributed by atoms with E-state index < -0.39 is 12.0 Å². The van der Waals surface area contributed by atoms with Crippen LogP contribution in [0.15, 0.2) is 17.6 Å². The number of carbonyl (C=O) groups is 2. The van der Waals surface area contributed by atoms with Crippen molar-refractivity contribution in [3.63, 3.8) is 0 Å². The summed E-state index contributed by atoms with van der Waals surface area (Å²) in [7, 11) is 1.83. The Hall–Kier alpha value is -2.35. The van der Waals surface area contributed by atoms with Crippen LogP contribution in [0, 0.1) is 0 Å². The van der Waals surface area contributed by atoms with Crippen LogP contribution < -0.4 is 10.6 Å². The van der Waals surface area contributed by atoms with Gasteiger partial charge in [0, 0.05) is 25.4 Å². The zero-order chi connectivity index (χ0) is 15.4. The van der Waals surface area contributed by atoms with Gasteiger partial charge in [-0.3, -0.25) is 10.00 Å². The summed E-state index contributed by atoms with van der Waals surface area (Å²) in [6, 6.07) is 1.02. The Morgan fingerprint density at radius 2 is 2.24 bits per heavy atom. The normalized spacial score (nSPS) is 10.4. The molecule has 2 rings (SSSR count). The monoisotopic (exact) mass is 308 g/mol. The van der Waals surface area contributed by atoms with Gasteiger partial charge in [-0.05, 0) is 17.9 Å². The third kappa shape index (κ3) is 3.60. The molecule has 0 radical (unpaired) electrons. The van der Waals surface area contributed by atoms with Crippen LogP contribution in [0.2, 0.25) is 0 Å². The third-order valence-electron chi connectivity index (χ3n) is 2.89. The van der Waals surface area contributed by atoms with Crippen LogP contribution in [-0.2, 0) is 20.0 Å². The second-order valence-corrected chi connectivity index (χ2v) is 5.32. The van der Waals surface area contributed by atoms with Crippen molar-refractivity contribution in [3.8, 4) is 0 Å². The van der Waals surface area contributed by atoms with Gasteiger partial charge in [0.25, 0.3) is 0 Å². The van der Waals surface area contributed by atoms with E-state index >= 15 is 0 Å². The fourth-order valence-corrected chi connectivity index (χ4v) is 2.70. The first-order valence-electron chi connectivity index (χ1n) is 6.38. The van der Waals surface area contributed by atoms with Crippen LogP contribution in [0.1, 0.15) is 28.5 Å². The molecule has 112 valence electrons. The number of amides is 2. The molecule has 0 bridgehead atoms. The highest BCUT2D eigenvalue weighted by atomic mass is 32.1. The summed E-state index contributed by atoms with van der Waals surface area (Å²) in [5.41, 5.74) is 1.96. The van der Waals surface area contributed by atoms with Gasteiger partial charge in [-0.1, -0.05) is 6.92 Å². The van der Waals surface area contributed by atoms with Crippen molar-refractivity contribution in [2.24, 2.45) is 7.05 Å². The number of hydrogen-bond donors (Lipinski definition) is 3. The lowest BCUT2D eigenvalue weighted by Gasteiger charge is -2.06. The minimum Gasteiger partial charge on any atom is -0.478 e. The molecule has 7 nitrogen and oxygen atoms in total. The summed E-state index contributed by atoms with van der Waals surface area (Å²) in [5.74, 6) is -1.06. The van der Waals surface area contributed by atoms with Gasteiger partial charge in [0.05, 0.1) is 11.3 Å². The third-order valence-corrected chi connectivity index (χ3v) is 3.72. The Morgan fingerprint density at radius 1 is 1.48 bits per heavy atom. The topological polar surface area (TPSA) is 96.3 Å². The highest BCUT2D eigenvalue weighted by Gasteiger charge is 2.14. The molecular weight excluding hydrogens is 292 g/mol. The van der Waals surface area contributed by atoms with Gasteiger partial charge in [-0.2, -0.15) is 5.10 Å². The van der Waals surface area contributed by atoms with Crippen molar-refractivity contribution in [1.29, 1.82) is 0 Å². The van der Waals surface area contributed by atoms with E-state index in [2.05, 4.69) is 15.7 Å². The predicted octanol–water partition coefficient (Wildman–Crippen LogP) is 2.06. The summed E-state index contributed by atoms with van der Waals surface area (Å²) < 4.78 is 1.70. The number of carbonyl (C=O) groups excluding carboxylic acids is 1. The van der Waals surface area contributed by atoms with Gasteiger partial charge in [0.1, 0.15) is 5.00 Å². The largest absolute Gasteiger partial charge is 0.478 e. The van der Waals surface area contributed by atoms with Gasteiger partial charge < -0.3 is 10.4 Å². The maximum atomic E-state index is 11.8. The molecule has 0 unspecified atom stereocenters. The average Bonchev–Trinajstić information content (AvgIpc) is 3.02. The van der Waals surface area contributed by atoms with E-state index in [1.165, 1.54) is 17.4 Å². The lowest BCUT2D eigenvalue weighted by Crippen LogP contribution is -2.28. The molecule has 0 aliphatic heterocycles. The molecule has 0 aromatic carbocycles. The molecule has 3 N–H and O–H groups in total. The molecule has 0 fully saturated rings. The molecule has 0 aliphatic rings. The fraction of sp³-hybridized carbons (Fsp3) is 0.308. The number of carboxylic acid groups (broad SMARTS) is 1. The predicted molar refractivity (Wildman–Crippen MR) is 79.7 cm³/mol. The van der Waals surface area contributed by atoms with Gasteiger partial charge in [0.2, 0.25) is 0 Å². The smallest absolute Gasteiger partial charge is 0.338 e. The number of hydrogen-bond acceptors (Lipinski definition) is 4. The van der Waals surface area contributed by atoms with Gasteiger partial charge in [-0.15, -0.1) is 11.3 Å². The molecule has 2 heterocycles. The van der Waals surface area contributed by atoms with Crippen LogP contribution >= 0.6 is 11.3 Å². The number of aromatic carboxylic acids is 1. The molecule has 0 atom stereocenters. The van der Waals surface area contributed by atoms with Crippen molar-refractivity contribution in [2.75, 3.05) is 5.32 Å². The highest BCUT2D eigenvalue weighted by molar-refractivity contribution is 7.14. The zero-order valence-corrected chi connectivity index (χ0v) is 12.5. The summed E-state index contributed by atoms with van der Waals surface area (Å²) >= 11 is 1.17. The number of anilines is 1. The van der Waals surface area contributed by atoms with Crippen molar-refractivity contribution >= 4 is 28.3 Å². The van der Waals surface area contributed by atoms with E-state index in [-0.39, 0.29) is 5.56 Å². The lowest BCUT2D eigenvalue weighted by atomic mass is 10.2. The van der Waals surface area contributed by atoms with Crippen LogP contribution in [0.5, 0.6) is 0 Å². The number of thiophene rings is 1. The Kier molecular flexibility index (Phi) is 4.59. The summed E-state index contributed by atoms with van der Waals surface area (Å²) in [4.78, 5) is 22.8. The number of urea groups is 1. The molecule has 2 aromatic heterocycles. The number of rotatable bonds is 5. The van der Waals surface area contributed by atoms with Crippen LogP contribution in [0.4, 0.5) is 9.80 Å². The van der Waals surface area contributed by atoms with Crippen molar-refractivity contribution in [3.05, 3.63) is 34.5 Å². The van der Waals surface area contributed by atoms with Gasteiger partial charge in [-0.25, -0.2) is 9.59 Å². The number of aromatic nitrogens is 2. The van der Waals surface area contributed by atoms with Gasteiger partial charge in [0.15, 0.2) is 0 Å². The lowest BCUT2D eigenvalue weighted by molar-refractivity contribution is 0.0698. The summed E-state index contributed by atoms with van der Waals surface area (Å²) in [6.45, 7) is 2.34. The van der Waals surface area contributed by atoms with Crippen molar-refractivity contribution < 1.29 is 14.7 Å². The van der Waals surface area contributed by atoms with Gasteiger partial charge >= 0.3 is 12.0 Å². The zero-order valence-electron chi connectivity index (χ0n) is 11.7. The molecule has 0 saturated carbocycles. The van der Waals surface area contributed by atoms with E-state index in [4.69, 9.17) is 5.11 Å². The van der Waals surface area contributed by atoms with Crippen molar-refractivity contribution in [2.45, 2.75) is 19.9 Å². The minimum atomic E-state index is -1.06. The molecule has 2 aromatic rings. The molecular formula is C13H16N4O3S. The summed E-state index contributed by atoms with van der Waals surface area (Å²) in [6.07, 6.45) is 2.64. The second-order valence-electron chi connectivity index (χ2n) is 4.40. The number of aryl methyl sites for hydroxylation is 2. The quantitative estimate of drug-likeness (QED) is 0.787. The Labute approximate surface area is 125 Å². The van der Waals surface area contributed by atoms with Crippen LogP contribution in [0.3, 0.4) is 0 Å². The average molecular weight is 308 g/mol. The number of nitrogens with one attached hydrogen (secondary N) is 2. The summed E-state index contributed by atoms with van der Waals surface area (Å²) in [5, 5.41) is 20.4. The molecule has 0 spiro atoms. The van der Waals surface area contributed by atoms with E-state index in [1.807, 2.05) is 20.2 Å². The molecule has 2 amide bonds. The number of carboxylic acids is 1. The Balaban J connectivity index is 1.96. The van der Waals surface area contributed by atoms with Crippen LogP contribution in [0.25, 0.3) is 0 Å². The minimum absolute atomic E-state index is 0.0887. The first-order chi connectivity index (χ1) is 10.0. The second kappa shape index (κ2) is 6.40. The first-order valence-corrected chi connectivity index (χ1v) is 7.26. The Morgan fingerprint density at radius 3 is 2.90 bits per heavy atom. The maximum absolute atomic E-state index is 11.8. The van der Waals surface area contributed by atoms with Crippen LogP contribution in [-0.4, -0.2) is 26.9 Å².